The molecule has 0 saturated carbocycles. The minimum Gasteiger partial charge on any atom is -0.441 e. The molecule has 0 N–H and O–H groups in total. The molecule has 1 aromatic carbocycles. The lowest BCUT2D eigenvalue weighted by molar-refractivity contribution is -0.122. The largest absolute Gasteiger partial charge is 0.441 e. The zero-order valence-corrected chi connectivity index (χ0v) is 17.0. The van der Waals surface area contributed by atoms with Crippen LogP contribution < -0.4 is 4.90 Å². The number of amidine groups is 1. The maximum absolute atomic E-state index is 12.8. The summed E-state index contributed by atoms with van der Waals surface area (Å²) in [5.74, 6) is 1.38. The summed E-state index contributed by atoms with van der Waals surface area (Å²) in [6.45, 7) is 5.47. The zero-order valence-electron chi connectivity index (χ0n) is 15.4. The van der Waals surface area contributed by atoms with Gasteiger partial charge in [0.15, 0.2) is 11.1 Å². The molecule has 4 rings (SSSR count). The average Bonchev–Trinajstić information content (AvgIpc) is 3.28. The lowest BCUT2D eigenvalue weighted by Crippen LogP contribution is -2.35. The van der Waals surface area contributed by atoms with Crippen molar-refractivity contribution in [2.45, 2.75) is 6.92 Å². The van der Waals surface area contributed by atoms with Gasteiger partial charge in [-0.05, 0) is 43.0 Å². The number of ether oxygens (including phenoxy) is 1. The van der Waals surface area contributed by atoms with Crippen LogP contribution in [0.4, 0.5) is 11.6 Å². The molecular weight excluding hydrogens is 398 g/mol. The number of halogens is 1. The number of nitrogens with zero attached hydrogens (tertiary/aromatic N) is 3. The second-order valence-corrected chi connectivity index (χ2v) is 7.76. The standard InChI is InChI=1S/C20H20ClN3O3S/c1-2-24-19(25)17(28-20(24)22-15-5-3-4-14(21)12-15)13-16-6-7-18(27-16)23-8-10-26-11-9-23/h3-7,12-13H,2,8-11H2,1H3/b17-13+,22-20?. The second-order valence-electron chi connectivity index (χ2n) is 6.31. The summed E-state index contributed by atoms with van der Waals surface area (Å²) in [5.41, 5.74) is 0.718. The molecule has 1 amide bonds. The molecule has 0 radical (unpaired) electrons. The van der Waals surface area contributed by atoms with Gasteiger partial charge in [-0.3, -0.25) is 9.69 Å². The lowest BCUT2D eigenvalue weighted by atomic mass is 10.3. The summed E-state index contributed by atoms with van der Waals surface area (Å²) in [7, 11) is 0. The van der Waals surface area contributed by atoms with Crippen LogP contribution in [0.3, 0.4) is 0 Å². The van der Waals surface area contributed by atoms with Crippen LogP contribution in [0.5, 0.6) is 0 Å². The number of rotatable bonds is 4. The van der Waals surface area contributed by atoms with Crippen molar-refractivity contribution in [1.82, 2.24) is 4.90 Å². The number of aliphatic imine (C=N–C) groups is 1. The molecular formula is C20H20ClN3O3S. The van der Waals surface area contributed by atoms with Gasteiger partial charge in [-0.25, -0.2) is 4.99 Å². The number of hydrogen-bond donors (Lipinski definition) is 0. The molecule has 28 heavy (non-hydrogen) atoms. The Morgan fingerprint density at radius 3 is 2.82 bits per heavy atom. The van der Waals surface area contributed by atoms with Crippen LogP contribution in [0, 0.1) is 0 Å². The maximum atomic E-state index is 12.8. The Morgan fingerprint density at radius 2 is 2.07 bits per heavy atom. The van der Waals surface area contributed by atoms with E-state index in [0.717, 1.165) is 24.7 Å². The van der Waals surface area contributed by atoms with Crippen molar-refractivity contribution >= 4 is 52.1 Å². The highest BCUT2D eigenvalue weighted by molar-refractivity contribution is 8.18. The Bertz CT molecular complexity index is 934. The highest BCUT2D eigenvalue weighted by Gasteiger charge is 2.32. The Hall–Kier alpha value is -2.22. The van der Waals surface area contributed by atoms with Gasteiger partial charge in [-0.15, -0.1) is 0 Å². The molecule has 0 spiro atoms. The molecule has 0 unspecified atom stereocenters. The number of carbonyl (C=O) groups excluding carboxylic acids is 1. The van der Waals surface area contributed by atoms with Crippen LogP contribution in [0.25, 0.3) is 6.08 Å². The van der Waals surface area contributed by atoms with Crippen LogP contribution in [-0.4, -0.2) is 48.8 Å². The van der Waals surface area contributed by atoms with Crippen molar-refractivity contribution in [2.24, 2.45) is 4.99 Å². The van der Waals surface area contributed by atoms with Gasteiger partial charge in [-0.2, -0.15) is 0 Å². The maximum Gasteiger partial charge on any atom is 0.266 e. The first kappa shape index (κ1) is 19.1. The van der Waals surface area contributed by atoms with E-state index in [1.165, 1.54) is 11.8 Å². The molecule has 146 valence electrons. The fraction of sp³-hybridized carbons (Fsp3) is 0.300. The number of thioether (sulfide) groups is 1. The number of likely N-dealkylation sites (N-methyl/N-ethyl adjacent to an activating group) is 1. The Balaban J connectivity index is 1.56. The van der Waals surface area contributed by atoms with E-state index in [2.05, 4.69) is 9.89 Å². The lowest BCUT2D eigenvalue weighted by Gasteiger charge is -2.26. The summed E-state index contributed by atoms with van der Waals surface area (Å²) in [6.07, 6.45) is 1.78. The van der Waals surface area contributed by atoms with E-state index in [0.29, 0.717) is 40.6 Å². The fourth-order valence-electron chi connectivity index (χ4n) is 3.03. The molecule has 0 aliphatic carbocycles. The van der Waals surface area contributed by atoms with Gasteiger partial charge in [-0.1, -0.05) is 17.7 Å². The minimum atomic E-state index is -0.0717. The van der Waals surface area contributed by atoms with E-state index in [9.17, 15) is 4.79 Å². The van der Waals surface area contributed by atoms with Crippen LogP contribution in [0.2, 0.25) is 5.02 Å². The average molecular weight is 418 g/mol. The van der Waals surface area contributed by atoms with Gasteiger partial charge in [0, 0.05) is 36.8 Å². The van der Waals surface area contributed by atoms with Gasteiger partial charge in [0.2, 0.25) is 0 Å². The molecule has 1 aromatic heterocycles. The van der Waals surface area contributed by atoms with E-state index in [1.54, 1.807) is 23.1 Å². The molecule has 0 bridgehead atoms. The summed E-state index contributed by atoms with van der Waals surface area (Å²) in [6, 6.07) is 11.1. The first-order valence-electron chi connectivity index (χ1n) is 9.12. The number of hydrogen-bond acceptors (Lipinski definition) is 6. The third-order valence-electron chi connectivity index (χ3n) is 4.45. The third-order valence-corrected chi connectivity index (χ3v) is 5.69. The van der Waals surface area contributed by atoms with Crippen LogP contribution in [0.1, 0.15) is 12.7 Å². The van der Waals surface area contributed by atoms with E-state index in [4.69, 9.17) is 20.8 Å². The van der Waals surface area contributed by atoms with Gasteiger partial charge >= 0.3 is 0 Å². The van der Waals surface area contributed by atoms with Crippen molar-refractivity contribution in [3.63, 3.8) is 0 Å². The van der Waals surface area contributed by atoms with E-state index in [-0.39, 0.29) is 5.91 Å². The highest BCUT2D eigenvalue weighted by atomic mass is 35.5. The van der Waals surface area contributed by atoms with Gasteiger partial charge in [0.25, 0.3) is 5.91 Å². The molecule has 2 fully saturated rings. The number of morpholine rings is 1. The molecule has 2 saturated heterocycles. The number of benzene rings is 1. The van der Waals surface area contributed by atoms with Crippen molar-refractivity contribution in [3.8, 4) is 0 Å². The zero-order chi connectivity index (χ0) is 19.5. The fourth-order valence-corrected chi connectivity index (χ4v) is 4.26. The molecule has 3 heterocycles. The Kier molecular flexibility index (Phi) is 5.75. The SMILES string of the molecule is CCN1C(=O)/C(=C\c2ccc(N3CCOCC3)o2)SC1=Nc1cccc(Cl)c1. The van der Waals surface area contributed by atoms with E-state index in [1.807, 2.05) is 31.2 Å². The smallest absolute Gasteiger partial charge is 0.266 e. The van der Waals surface area contributed by atoms with Crippen LogP contribution in [-0.2, 0) is 9.53 Å². The van der Waals surface area contributed by atoms with Crippen molar-refractivity contribution < 1.29 is 13.9 Å². The summed E-state index contributed by atoms with van der Waals surface area (Å²) in [4.78, 5) is 21.8. The summed E-state index contributed by atoms with van der Waals surface area (Å²) < 4.78 is 11.3. The van der Waals surface area contributed by atoms with Gasteiger partial charge < -0.3 is 14.1 Å². The molecule has 2 aromatic rings. The Morgan fingerprint density at radius 1 is 1.25 bits per heavy atom. The first-order chi connectivity index (χ1) is 13.6. The highest BCUT2D eigenvalue weighted by Crippen LogP contribution is 2.35. The number of amides is 1. The normalized spacial score (nSPS) is 20.6. The summed E-state index contributed by atoms with van der Waals surface area (Å²) >= 11 is 7.38. The monoisotopic (exact) mass is 417 g/mol. The van der Waals surface area contributed by atoms with E-state index < -0.39 is 0 Å². The predicted molar refractivity (Wildman–Crippen MR) is 113 cm³/mol. The van der Waals surface area contributed by atoms with Gasteiger partial charge in [0.05, 0.1) is 23.8 Å². The molecule has 2 aliphatic heterocycles. The molecule has 0 atom stereocenters. The minimum absolute atomic E-state index is 0.0717. The van der Waals surface area contributed by atoms with Crippen molar-refractivity contribution in [2.75, 3.05) is 37.7 Å². The quantitative estimate of drug-likeness (QED) is 0.690. The molecule has 6 nitrogen and oxygen atoms in total. The van der Waals surface area contributed by atoms with Crippen LogP contribution in [0.15, 0.2) is 50.7 Å². The van der Waals surface area contributed by atoms with Crippen molar-refractivity contribution in [1.29, 1.82) is 0 Å². The predicted octanol–water partition coefficient (Wildman–Crippen LogP) is 4.39. The third kappa shape index (κ3) is 4.11. The number of anilines is 1. The molecule has 8 heteroatoms. The van der Waals surface area contributed by atoms with E-state index >= 15 is 0 Å². The van der Waals surface area contributed by atoms with Crippen LogP contribution >= 0.6 is 23.4 Å². The molecule has 2 aliphatic rings. The topological polar surface area (TPSA) is 58.3 Å². The number of furan rings is 1. The first-order valence-corrected chi connectivity index (χ1v) is 10.3. The Labute approximate surface area is 172 Å². The summed E-state index contributed by atoms with van der Waals surface area (Å²) in [5, 5.41) is 1.25. The van der Waals surface area contributed by atoms with Crippen molar-refractivity contribution in [3.05, 3.63) is 52.1 Å². The second kappa shape index (κ2) is 8.43. The van der Waals surface area contributed by atoms with Gasteiger partial charge in [0.1, 0.15) is 5.76 Å². The number of carbonyl (C=O) groups is 1.